The van der Waals surface area contributed by atoms with E-state index in [0.717, 1.165) is 18.1 Å². The summed E-state index contributed by atoms with van der Waals surface area (Å²) in [5.74, 6) is 2.10. The van der Waals surface area contributed by atoms with Crippen molar-refractivity contribution in [1.29, 1.82) is 0 Å². The molecule has 6 nitrogen and oxygen atoms in total. The van der Waals surface area contributed by atoms with Gasteiger partial charge in [-0.15, -0.1) is 0 Å². The maximum absolute atomic E-state index is 11.3. The lowest BCUT2D eigenvalue weighted by molar-refractivity contribution is -0.119. The second-order valence-electron chi connectivity index (χ2n) is 3.47. The van der Waals surface area contributed by atoms with Crippen LogP contribution in [0.15, 0.2) is 6.07 Å². The summed E-state index contributed by atoms with van der Waals surface area (Å²) in [5.41, 5.74) is 0. The van der Waals surface area contributed by atoms with E-state index in [1.807, 2.05) is 13.8 Å². The number of rotatable bonds is 6. The van der Waals surface area contributed by atoms with E-state index in [1.165, 1.54) is 0 Å². The van der Waals surface area contributed by atoms with Crippen molar-refractivity contribution in [3.05, 3.63) is 11.9 Å². The van der Waals surface area contributed by atoms with Crippen LogP contribution in [0, 0.1) is 0 Å². The monoisotopic (exact) mass is 237 g/mol. The van der Waals surface area contributed by atoms with Crippen LogP contribution in [0.4, 0.5) is 11.6 Å². The molecule has 0 radical (unpaired) electrons. The second kappa shape index (κ2) is 6.67. The van der Waals surface area contributed by atoms with Crippen LogP contribution in [0.1, 0.15) is 19.7 Å². The van der Waals surface area contributed by atoms with Crippen molar-refractivity contribution in [3.63, 3.8) is 0 Å². The summed E-state index contributed by atoms with van der Waals surface area (Å²) in [6, 6.07) is 1.78. The molecule has 0 aliphatic rings. The van der Waals surface area contributed by atoms with Gasteiger partial charge in [-0.25, -0.2) is 9.97 Å². The third kappa shape index (κ3) is 4.26. The Kier molecular flexibility index (Phi) is 5.19. The third-order valence-corrected chi connectivity index (χ3v) is 2.15. The summed E-state index contributed by atoms with van der Waals surface area (Å²) >= 11 is 0. The molecule has 1 rings (SSSR count). The smallest absolute Gasteiger partial charge is 0.239 e. The van der Waals surface area contributed by atoms with Gasteiger partial charge in [0.1, 0.15) is 17.5 Å². The Morgan fingerprint density at radius 2 is 2.00 bits per heavy atom. The molecule has 3 N–H and O–H groups in total. The number of aryl methyl sites for hydroxylation is 1. The summed E-state index contributed by atoms with van der Waals surface area (Å²) < 4.78 is 0. The average molecular weight is 237 g/mol. The molecule has 0 aliphatic carbocycles. The maximum atomic E-state index is 11.3. The highest BCUT2D eigenvalue weighted by Gasteiger charge is 2.04. The lowest BCUT2D eigenvalue weighted by Gasteiger charge is -2.08. The quantitative estimate of drug-likeness (QED) is 0.676. The molecule has 0 saturated heterocycles. The number of carbonyl (C=O) groups excluding carboxylic acids is 1. The molecule has 94 valence electrons. The largest absolute Gasteiger partial charge is 0.373 e. The minimum atomic E-state index is -0.0461. The number of hydrogen-bond donors (Lipinski definition) is 3. The Labute approximate surface area is 101 Å². The third-order valence-electron chi connectivity index (χ3n) is 2.15. The fraction of sp³-hybridized carbons (Fsp3) is 0.545. The molecule has 0 saturated carbocycles. The molecule has 0 unspecified atom stereocenters. The highest BCUT2D eigenvalue weighted by atomic mass is 16.1. The molecule has 0 aromatic carbocycles. The topological polar surface area (TPSA) is 78.9 Å². The molecule has 1 aromatic rings. The summed E-state index contributed by atoms with van der Waals surface area (Å²) in [6.45, 7) is 4.72. The molecule has 0 bridgehead atoms. The second-order valence-corrected chi connectivity index (χ2v) is 3.47. The Bertz CT molecular complexity index is 358. The van der Waals surface area contributed by atoms with Gasteiger partial charge in [0.15, 0.2) is 0 Å². The molecule has 17 heavy (non-hydrogen) atoms. The highest BCUT2D eigenvalue weighted by Crippen LogP contribution is 2.10. The van der Waals surface area contributed by atoms with Crippen molar-refractivity contribution in [2.24, 2.45) is 0 Å². The van der Waals surface area contributed by atoms with Crippen molar-refractivity contribution < 1.29 is 4.79 Å². The van der Waals surface area contributed by atoms with Gasteiger partial charge in [0.2, 0.25) is 5.91 Å². The molecular weight excluding hydrogens is 218 g/mol. The SMILES string of the molecule is CCNC(=O)CNc1cc(NC)nc(CC)n1. The van der Waals surface area contributed by atoms with Crippen LogP contribution in [0.3, 0.4) is 0 Å². The first kappa shape index (κ1) is 13.2. The average Bonchev–Trinajstić information content (AvgIpc) is 2.36. The zero-order chi connectivity index (χ0) is 12.7. The van der Waals surface area contributed by atoms with Crippen molar-refractivity contribution in [1.82, 2.24) is 15.3 Å². The van der Waals surface area contributed by atoms with Crippen molar-refractivity contribution in [2.45, 2.75) is 20.3 Å². The van der Waals surface area contributed by atoms with E-state index in [-0.39, 0.29) is 12.5 Å². The van der Waals surface area contributed by atoms with Crippen LogP contribution in [0.25, 0.3) is 0 Å². The number of nitrogens with zero attached hydrogens (tertiary/aromatic N) is 2. The van der Waals surface area contributed by atoms with Gasteiger partial charge in [-0.1, -0.05) is 6.92 Å². The zero-order valence-electron chi connectivity index (χ0n) is 10.5. The van der Waals surface area contributed by atoms with E-state index >= 15 is 0 Å². The molecule has 1 heterocycles. The molecular formula is C11H19N5O. The van der Waals surface area contributed by atoms with E-state index in [9.17, 15) is 4.79 Å². The molecule has 1 aromatic heterocycles. The number of nitrogens with one attached hydrogen (secondary N) is 3. The van der Waals surface area contributed by atoms with Crippen molar-refractivity contribution in [2.75, 3.05) is 30.8 Å². The predicted molar refractivity (Wildman–Crippen MR) is 68.1 cm³/mol. The Balaban J connectivity index is 2.66. The Hall–Kier alpha value is -1.85. The summed E-state index contributed by atoms with van der Waals surface area (Å²) in [5, 5.41) is 8.65. The van der Waals surface area contributed by atoms with Gasteiger partial charge in [-0.3, -0.25) is 4.79 Å². The van der Waals surface area contributed by atoms with Crippen LogP contribution in [-0.4, -0.2) is 36.0 Å². The lowest BCUT2D eigenvalue weighted by atomic mass is 10.4. The van der Waals surface area contributed by atoms with Crippen LogP contribution >= 0.6 is 0 Å². The number of aromatic nitrogens is 2. The maximum Gasteiger partial charge on any atom is 0.239 e. The van der Waals surface area contributed by atoms with Gasteiger partial charge in [0.25, 0.3) is 0 Å². The minimum absolute atomic E-state index is 0.0461. The van der Waals surface area contributed by atoms with Crippen molar-refractivity contribution in [3.8, 4) is 0 Å². The lowest BCUT2D eigenvalue weighted by Crippen LogP contribution is -2.29. The van der Waals surface area contributed by atoms with Gasteiger partial charge in [0, 0.05) is 26.1 Å². The van der Waals surface area contributed by atoms with Crippen LogP contribution in [-0.2, 0) is 11.2 Å². The number of carbonyl (C=O) groups is 1. The number of likely N-dealkylation sites (N-methyl/N-ethyl adjacent to an activating group) is 1. The van der Waals surface area contributed by atoms with Gasteiger partial charge in [0.05, 0.1) is 6.54 Å². The fourth-order valence-corrected chi connectivity index (χ4v) is 1.30. The first-order valence-electron chi connectivity index (χ1n) is 5.75. The molecule has 0 fully saturated rings. The van der Waals surface area contributed by atoms with Gasteiger partial charge in [-0.05, 0) is 6.92 Å². The predicted octanol–water partition coefficient (Wildman–Crippen LogP) is 0.629. The molecule has 1 amide bonds. The molecule has 0 aliphatic heterocycles. The summed E-state index contributed by atoms with van der Waals surface area (Å²) in [6.07, 6.45) is 0.755. The van der Waals surface area contributed by atoms with Gasteiger partial charge < -0.3 is 16.0 Å². The first-order valence-corrected chi connectivity index (χ1v) is 5.75. The summed E-state index contributed by atoms with van der Waals surface area (Å²) in [7, 11) is 1.80. The Morgan fingerprint density at radius 3 is 2.59 bits per heavy atom. The minimum Gasteiger partial charge on any atom is -0.373 e. The van der Waals surface area contributed by atoms with E-state index in [4.69, 9.17) is 0 Å². The number of amides is 1. The normalized spacial score (nSPS) is 9.82. The van der Waals surface area contributed by atoms with Gasteiger partial charge >= 0.3 is 0 Å². The van der Waals surface area contributed by atoms with Gasteiger partial charge in [-0.2, -0.15) is 0 Å². The standard InChI is InChI=1S/C11H19N5O/c1-4-8-15-9(12-3)6-10(16-8)14-7-11(17)13-5-2/h6H,4-5,7H2,1-3H3,(H,13,17)(H2,12,14,15,16). The number of hydrogen-bond acceptors (Lipinski definition) is 5. The van der Waals surface area contributed by atoms with Crippen LogP contribution < -0.4 is 16.0 Å². The van der Waals surface area contributed by atoms with E-state index in [0.29, 0.717) is 12.4 Å². The summed E-state index contributed by atoms with van der Waals surface area (Å²) in [4.78, 5) is 19.9. The number of anilines is 2. The van der Waals surface area contributed by atoms with Crippen molar-refractivity contribution >= 4 is 17.5 Å². The fourth-order valence-electron chi connectivity index (χ4n) is 1.30. The molecule has 0 atom stereocenters. The molecule has 6 heteroatoms. The first-order chi connectivity index (χ1) is 8.19. The van der Waals surface area contributed by atoms with Crippen LogP contribution in [0.5, 0.6) is 0 Å². The van der Waals surface area contributed by atoms with E-state index in [2.05, 4.69) is 25.9 Å². The van der Waals surface area contributed by atoms with Crippen LogP contribution in [0.2, 0.25) is 0 Å². The zero-order valence-corrected chi connectivity index (χ0v) is 10.5. The molecule has 0 spiro atoms. The Morgan fingerprint density at radius 1 is 1.29 bits per heavy atom. The van der Waals surface area contributed by atoms with E-state index < -0.39 is 0 Å². The van der Waals surface area contributed by atoms with E-state index in [1.54, 1.807) is 13.1 Å². The highest BCUT2D eigenvalue weighted by molar-refractivity contribution is 5.80.